The van der Waals surface area contributed by atoms with Crippen molar-refractivity contribution >= 4 is 11.9 Å². The molecule has 1 heterocycles. The number of rotatable bonds is 7. The van der Waals surface area contributed by atoms with Crippen LogP contribution in [0.2, 0.25) is 0 Å². The number of amides is 1. The molecular formula is C14H21N3O4. The van der Waals surface area contributed by atoms with E-state index >= 15 is 0 Å². The van der Waals surface area contributed by atoms with E-state index in [0.29, 0.717) is 30.8 Å². The van der Waals surface area contributed by atoms with Gasteiger partial charge in [-0.25, -0.2) is 9.78 Å². The number of carbonyl (C=O) groups excluding carboxylic acids is 1. The summed E-state index contributed by atoms with van der Waals surface area (Å²) in [5, 5.41) is 11.4. The first-order chi connectivity index (χ1) is 9.88. The molecule has 0 saturated carbocycles. The highest BCUT2D eigenvalue weighted by molar-refractivity contribution is 5.84. The Bertz CT molecular complexity index is 580. The van der Waals surface area contributed by atoms with Crippen LogP contribution in [0, 0.1) is 6.92 Å². The molecule has 116 valence electrons. The standard InChI is InChI=1S/C14H21N3O4/c1-4-6-10(14(20)21)16-12(18)7-9-8(3)15-11(5-2)17-13(9)19/h10H,4-7H2,1-3H3,(H,16,18)(H,20,21)(H,15,17,19). The fraction of sp³-hybridized carbons (Fsp3) is 0.571. The molecule has 1 aromatic rings. The quantitative estimate of drug-likeness (QED) is 0.680. The number of hydrogen-bond donors (Lipinski definition) is 3. The average molecular weight is 295 g/mol. The second-order valence-electron chi connectivity index (χ2n) is 4.85. The van der Waals surface area contributed by atoms with E-state index < -0.39 is 17.9 Å². The molecule has 0 spiro atoms. The Morgan fingerprint density at radius 1 is 1.38 bits per heavy atom. The van der Waals surface area contributed by atoms with Crippen LogP contribution >= 0.6 is 0 Å². The first-order valence-electron chi connectivity index (χ1n) is 6.99. The predicted octanol–water partition coefficient (Wildman–Crippen LogP) is 0.553. The molecule has 21 heavy (non-hydrogen) atoms. The van der Waals surface area contributed by atoms with Crippen molar-refractivity contribution in [2.45, 2.75) is 52.5 Å². The lowest BCUT2D eigenvalue weighted by atomic mass is 10.1. The van der Waals surface area contributed by atoms with Crippen molar-refractivity contribution in [3.05, 3.63) is 27.4 Å². The maximum atomic E-state index is 11.9. The molecule has 7 heteroatoms. The topological polar surface area (TPSA) is 112 Å². The molecule has 0 fully saturated rings. The first-order valence-corrected chi connectivity index (χ1v) is 6.99. The van der Waals surface area contributed by atoms with Gasteiger partial charge in [0, 0.05) is 17.7 Å². The van der Waals surface area contributed by atoms with Crippen LogP contribution in [0.5, 0.6) is 0 Å². The van der Waals surface area contributed by atoms with Crippen molar-refractivity contribution in [2.24, 2.45) is 0 Å². The number of aromatic amines is 1. The van der Waals surface area contributed by atoms with Gasteiger partial charge in [0.25, 0.3) is 5.56 Å². The van der Waals surface area contributed by atoms with Crippen LogP contribution < -0.4 is 10.9 Å². The first kappa shape index (κ1) is 16.9. The largest absolute Gasteiger partial charge is 0.480 e. The molecule has 1 aromatic heterocycles. The van der Waals surface area contributed by atoms with Crippen LogP contribution in [0.3, 0.4) is 0 Å². The summed E-state index contributed by atoms with van der Waals surface area (Å²) in [5.41, 5.74) is 0.412. The molecule has 0 radical (unpaired) electrons. The molecule has 0 bridgehead atoms. The molecule has 0 aliphatic rings. The van der Waals surface area contributed by atoms with Gasteiger partial charge in [-0.3, -0.25) is 9.59 Å². The van der Waals surface area contributed by atoms with Gasteiger partial charge in [0.1, 0.15) is 11.9 Å². The maximum Gasteiger partial charge on any atom is 0.326 e. The smallest absolute Gasteiger partial charge is 0.326 e. The van der Waals surface area contributed by atoms with Crippen molar-refractivity contribution in [3.8, 4) is 0 Å². The molecule has 1 atom stereocenters. The third-order valence-corrected chi connectivity index (χ3v) is 3.15. The SMILES string of the molecule is CCCC(NC(=O)Cc1c(C)nc(CC)[nH]c1=O)C(=O)O. The summed E-state index contributed by atoms with van der Waals surface area (Å²) >= 11 is 0. The van der Waals surface area contributed by atoms with Crippen molar-refractivity contribution in [3.63, 3.8) is 0 Å². The second-order valence-corrected chi connectivity index (χ2v) is 4.85. The Labute approximate surface area is 122 Å². The van der Waals surface area contributed by atoms with E-state index in [1.807, 2.05) is 13.8 Å². The zero-order valence-corrected chi connectivity index (χ0v) is 12.5. The number of nitrogens with zero attached hydrogens (tertiary/aromatic N) is 1. The molecule has 0 aromatic carbocycles. The predicted molar refractivity (Wildman–Crippen MR) is 77.2 cm³/mol. The van der Waals surface area contributed by atoms with Crippen LogP contribution in [-0.4, -0.2) is 33.0 Å². The molecule has 7 nitrogen and oxygen atoms in total. The number of aryl methyl sites for hydroxylation is 2. The van der Waals surface area contributed by atoms with Gasteiger partial charge in [-0.2, -0.15) is 0 Å². The van der Waals surface area contributed by atoms with Crippen LogP contribution in [0.15, 0.2) is 4.79 Å². The third kappa shape index (κ3) is 4.70. The van der Waals surface area contributed by atoms with Crippen LogP contribution in [0.4, 0.5) is 0 Å². The van der Waals surface area contributed by atoms with E-state index in [1.54, 1.807) is 6.92 Å². The molecule has 0 aliphatic heterocycles. The Morgan fingerprint density at radius 3 is 2.52 bits per heavy atom. The summed E-state index contributed by atoms with van der Waals surface area (Å²) in [5.74, 6) is -0.998. The van der Waals surface area contributed by atoms with Gasteiger partial charge in [-0.1, -0.05) is 20.3 Å². The fourth-order valence-electron chi connectivity index (χ4n) is 2.00. The molecule has 0 saturated heterocycles. The van der Waals surface area contributed by atoms with Crippen LogP contribution in [-0.2, 0) is 22.4 Å². The minimum atomic E-state index is -1.07. The van der Waals surface area contributed by atoms with Gasteiger partial charge in [0.15, 0.2) is 0 Å². The summed E-state index contributed by atoms with van der Waals surface area (Å²) in [7, 11) is 0. The molecular weight excluding hydrogens is 274 g/mol. The van der Waals surface area contributed by atoms with Crippen molar-refractivity contribution < 1.29 is 14.7 Å². The number of aromatic nitrogens is 2. The molecule has 3 N–H and O–H groups in total. The lowest BCUT2D eigenvalue weighted by Gasteiger charge is -2.13. The number of aliphatic carboxylic acids is 1. The number of hydrogen-bond acceptors (Lipinski definition) is 4. The van der Waals surface area contributed by atoms with Crippen molar-refractivity contribution in [2.75, 3.05) is 0 Å². The van der Waals surface area contributed by atoms with E-state index in [9.17, 15) is 14.4 Å². The van der Waals surface area contributed by atoms with Gasteiger partial charge in [0.05, 0.1) is 6.42 Å². The van der Waals surface area contributed by atoms with Gasteiger partial charge in [-0.05, 0) is 13.3 Å². The Morgan fingerprint density at radius 2 is 2.05 bits per heavy atom. The van der Waals surface area contributed by atoms with Gasteiger partial charge < -0.3 is 15.4 Å². The van der Waals surface area contributed by atoms with E-state index in [0.717, 1.165) is 0 Å². The highest BCUT2D eigenvalue weighted by Gasteiger charge is 2.20. The number of H-pyrrole nitrogens is 1. The summed E-state index contributed by atoms with van der Waals surface area (Å²) in [6, 6.07) is -0.926. The Kier molecular flexibility index (Phi) is 6.08. The highest BCUT2D eigenvalue weighted by atomic mass is 16.4. The van der Waals surface area contributed by atoms with Gasteiger partial charge in [0.2, 0.25) is 5.91 Å². The summed E-state index contributed by atoms with van der Waals surface area (Å²) in [6.07, 6.45) is 1.42. The molecule has 1 unspecified atom stereocenters. The van der Waals surface area contributed by atoms with Crippen LogP contribution in [0.25, 0.3) is 0 Å². The minimum absolute atomic E-state index is 0.175. The van der Waals surface area contributed by atoms with E-state index in [-0.39, 0.29) is 17.5 Å². The van der Waals surface area contributed by atoms with Crippen molar-refractivity contribution in [1.29, 1.82) is 0 Å². The molecule has 1 amide bonds. The monoisotopic (exact) mass is 295 g/mol. The van der Waals surface area contributed by atoms with E-state index in [4.69, 9.17) is 5.11 Å². The number of carboxylic acid groups (broad SMARTS) is 1. The van der Waals surface area contributed by atoms with E-state index in [2.05, 4.69) is 15.3 Å². The minimum Gasteiger partial charge on any atom is -0.480 e. The zero-order valence-electron chi connectivity index (χ0n) is 12.5. The normalized spacial score (nSPS) is 12.0. The van der Waals surface area contributed by atoms with E-state index in [1.165, 1.54) is 0 Å². The van der Waals surface area contributed by atoms with Crippen LogP contribution in [0.1, 0.15) is 43.8 Å². The third-order valence-electron chi connectivity index (χ3n) is 3.15. The average Bonchev–Trinajstić information content (AvgIpc) is 2.42. The summed E-state index contributed by atoms with van der Waals surface area (Å²) in [4.78, 5) is 41.6. The van der Waals surface area contributed by atoms with Gasteiger partial charge >= 0.3 is 5.97 Å². The fourth-order valence-corrected chi connectivity index (χ4v) is 2.00. The number of nitrogens with one attached hydrogen (secondary N) is 2. The lowest BCUT2D eigenvalue weighted by molar-refractivity contribution is -0.141. The maximum absolute atomic E-state index is 11.9. The number of carbonyl (C=O) groups is 2. The summed E-state index contributed by atoms with van der Waals surface area (Å²) < 4.78 is 0. The number of carboxylic acids is 1. The second kappa shape index (κ2) is 7.56. The lowest BCUT2D eigenvalue weighted by Crippen LogP contribution is -2.42. The zero-order chi connectivity index (χ0) is 16.0. The van der Waals surface area contributed by atoms with Gasteiger partial charge in [-0.15, -0.1) is 0 Å². The molecule has 1 rings (SSSR count). The Balaban J connectivity index is 2.84. The Hall–Kier alpha value is -2.18. The summed E-state index contributed by atoms with van der Waals surface area (Å²) in [6.45, 7) is 5.37. The molecule has 0 aliphatic carbocycles. The highest BCUT2D eigenvalue weighted by Crippen LogP contribution is 2.03. The van der Waals surface area contributed by atoms with Crippen molar-refractivity contribution in [1.82, 2.24) is 15.3 Å².